The zero-order valence-corrected chi connectivity index (χ0v) is 17.0. The van der Waals surface area contributed by atoms with Crippen LogP contribution in [0.3, 0.4) is 0 Å². The van der Waals surface area contributed by atoms with Gasteiger partial charge in [0.25, 0.3) is 0 Å². The van der Waals surface area contributed by atoms with Crippen molar-refractivity contribution in [2.24, 2.45) is 0 Å². The van der Waals surface area contributed by atoms with E-state index in [9.17, 15) is 0 Å². The molecule has 0 amide bonds. The fourth-order valence-corrected chi connectivity index (χ4v) is 3.62. The highest BCUT2D eigenvalue weighted by atomic mass is 35.5. The predicted octanol–water partition coefficient (Wildman–Crippen LogP) is 8.22. The maximum absolute atomic E-state index is 6.47. The summed E-state index contributed by atoms with van der Waals surface area (Å²) in [7, 11) is 0. The van der Waals surface area contributed by atoms with Crippen molar-refractivity contribution in [2.75, 3.05) is 0 Å². The Morgan fingerprint density at radius 1 is 0.640 bits per heavy atom. The zero-order valence-electron chi connectivity index (χ0n) is 15.5. The van der Waals surface area contributed by atoms with Crippen molar-refractivity contribution in [3.63, 3.8) is 0 Å². The van der Waals surface area contributed by atoms with Gasteiger partial charge in [-0.2, -0.15) is 0 Å². The third-order valence-corrected chi connectivity index (χ3v) is 5.65. The quantitative estimate of drug-likeness (QED) is 0.366. The summed E-state index contributed by atoms with van der Waals surface area (Å²) in [6, 6.07) is 17.5. The first kappa shape index (κ1) is 20.3. The van der Waals surface area contributed by atoms with Crippen LogP contribution in [0.15, 0.2) is 48.5 Å². The van der Waals surface area contributed by atoms with E-state index in [1.54, 1.807) is 0 Å². The molecule has 2 aromatic rings. The van der Waals surface area contributed by atoms with Crippen molar-refractivity contribution < 1.29 is 0 Å². The molecule has 2 heteroatoms. The molecule has 0 aliphatic heterocycles. The van der Waals surface area contributed by atoms with Gasteiger partial charge in [0, 0.05) is 0 Å². The van der Waals surface area contributed by atoms with Gasteiger partial charge in [0.15, 0.2) is 0 Å². The maximum atomic E-state index is 6.47. The average molecular weight is 377 g/mol. The second-order valence-corrected chi connectivity index (χ2v) is 7.93. The minimum absolute atomic E-state index is 0.136. The smallest absolute Gasteiger partial charge is 0.0585 e. The molecular weight excluding hydrogens is 347 g/mol. The Balaban J connectivity index is 1.93. The Kier molecular flexibility index (Phi) is 8.85. The first-order chi connectivity index (χ1) is 12.1. The van der Waals surface area contributed by atoms with Crippen LogP contribution in [0.4, 0.5) is 0 Å². The van der Waals surface area contributed by atoms with E-state index in [1.165, 1.54) is 47.9 Å². The monoisotopic (exact) mass is 376 g/mol. The average Bonchev–Trinajstić information content (AvgIpc) is 2.65. The van der Waals surface area contributed by atoms with E-state index in [-0.39, 0.29) is 10.8 Å². The lowest BCUT2D eigenvalue weighted by Gasteiger charge is -2.11. The van der Waals surface area contributed by atoms with Gasteiger partial charge in [0.1, 0.15) is 0 Å². The van der Waals surface area contributed by atoms with Crippen molar-refractivity contribution in [3.8, 4) is 0 Å². The first-order valence-electron chi connectivity index (χ1n) is 9.59. The summed E-state index contributed by atoms with van der Waals surface area (Å²) in [4.78, 5) is 0. The van der Waals surface area contributed by atoms with Gasteiger partial charge in [-0.05, 0) is 41.5 Å². The van der Waals surface area contributed by atoms with Crippen LogP contribution >= 0.6 is 23.2 Å². The Hall–Kier alpha value is -0.980. The van der Waals surface area contributed by atoms with Gasteiger partial charge in [0.2, 0.25) is 0 Å². The Morgan fingerprint density at radius 2 is 1.00 bits per heavy atom. The first-order valence-corrected chi connectivity index (χ1v) is 10.5. The molecule has 0 nitrogen and oxygen atoms in total. The summed E-state index contributed by atoms with van der Waals surface area (Å²) in [6.07, 6.45) is 7.80. The number of hydrogen-bond donors (Lipinski definition) is 0. The highest BCUT2D eigenvalue weighted by Gasteiger charge is 2.09. The largest absolute Gasteiger partial charge is 0.118 e. The molecule has 0 fully saturated rings. The van der Waals surface area contributed by atoms with Crippen molar-refractivity contribution in [1.29, 1.82) is 0 Å². The summed E-state index contributed by atoms with van der Waals surface area (Å²) >= 11 is 12.9. The third-order valence-electron chi connectivity index (χ3n) is 4.71. The van der Waals surface area contributed by atoms with E-state index < -0.39 is 0 Å². The minimum atomic E-state index is 0.136. The van der Waals surface area contributed by atoms with Crippen LogP contribution in [-0.2, 0) is 6.42 Å². The van der Waals surface area contributed by atoms with Crippen molar-refractivity contribution >= 4 is 23.2 Å². The second kappa shape index (κ2) is 10.9. The highest BCUT2D eigenvalue weighted by Crippen LogP contribution is 2.28. The van der Waals surface area contributed by atoms with Crippen molar-refractivity contribution in [2.45, 2.75) is 69.5 Å². The standard InChI is InChI=1S/C23H30Cl2/c1-3-5-7-22(24)20-13-9-18(10-14-20)17-19-11-15-21(16-12-19)23(25)8-6-4-2/h9-16,22-23H,3-8,17H2,1-2H3. The molecule has 0 heterocycles. The van der Waals surface area contributed by atoms with Gasteiger partial charge >= 0.3 is 0 Å². The van der Waals surface area contributed by atoms with Gasteiger partial charge in [-0.1, -0.05) is 88.1 Å². The van der Waals surface area contributed by atoms with Crippen LogP contribution < -0.4 is 0 Å². The van der Waals surface area contributed by atoms with Crippen LogP contribution in [0, 0.1) is 0 Å². The lowest BCUT2D eigenvalue weighted by Crippen LogP contribution is -1.94. The number of hydrogen-bond acceptors (Lipinski definition) is 0. The summed E-state index contributed by atoms with van der Waals surface area (Å²) in [5.41, 5.74) is 5.11. The van der Waals surface area contributed by atoms with E-state index in [0.717, 1.165) is 19.3 Å². The van der Waals surface area contributed by atoms with Gasteiger partial charge in [-0.25, -0.2) is 0 Å². The van der Waals surface area contributed by atoms with Gasteiger partial charge in [-0.15, -0.1) is 23.2 Å². The molecular formula is C23H30Cl2. The van der Waals surface area contributed by atoms with Crippen LogP contribution in [-0.4, -0.2) is 0 Å². The Labute approximate surface area is 163 Å². The van der Waals surface area contributed by atoms with Crippen LogP contribution in [0.1, 0.15) is 85.4 Å². The van der Waals surface area contributed by atoms with Crippen molar-refractivity contribution in [1.82, 2.24) is 0 Å². The summed E-state index contributed by atoms with van der Waals surface area (Å²) in [6.45, 7) is 4.41. The molecule has 0 aliphatic carbocycles. The van der Waals surface area contributed by atoms with E-state index in [0.29, 0.717) is 0 Å². The van der Waals surface area contributed by atoms with E-state index in [2.05, 4.69) is 62.4 Å². The number of alkyl halides is 2. The molecule has 0 saturated carbocycles. The van der Waals surface area contributed by atoms with Crippen LogP contribution in [0.2, 0.25) is 0 Å². The Bertz CT molecular complexity index is 545. The number of unbranched alkanes of at least 4 members (excludes halogenated alkanes) is 2. The van der Waals surface area contributed by atoms with Crippen molar-refractivity contribution in [3.05, 3.63) is 70.8 Å². The van der Waals surface area contributed by atoms with Gasteiger partial charge < -0.3 is 0 Å². The van der Waals surface area contributed by atoms with Crippen LogP contribution in [0.25, 0.3) is 0 Å². The summed E-state index contributed by atoms with van der Waals surface area (Å²) in [5.74, 6) is 0. The van der Waals surface area contributed by atoms with Gasteiger partial charge in [0.05, 0.1) is 10.8 Å². The lowest BCUT2D eigenvalue weighted by molar-refractivity contribution is 0.700. The fraction of sp³-hybridized carbons (Fsp3) is 0.478. The SMILES string of the molecule is CCCCC(Cl)c1ccc(Cc2ccc(C(Cl)CCCC)cc2)cc1. The molecule has 2 atom stereocenters. The molecule has 2 rings (SSSR count). The molecule has 0 radical (unpaired) electrons. The van der Waals surface area contributed by atoms with Gasteiger partial charge in [-0.3, -0.25) is 0 Å². The molecule has 25 heavy (non-hydrogen) atoms. The second-order valence-electron chi connectivity index (χ2n) is 6.88. The summed E-state index contributed by atoms with van der Waals surface area (Å²) in [5, 5.41) is 0.272. The van der Waals surface area contributed by atoms with E-state index >= 15 is 0 Å². The Morgan fingerprint density at radius 3 is 1.32 bits per heavy atom. The molecule has 0 aliphatic rings. The molecule has 0 saturated heterocycles. The van der Waals surface area contributed by atoms with Crippen LogP contribution in [0.5, 0.6) is 0 Å². The molecule has 2 aromatic carbocycles. The predicted molar refractivity (Wildman–Crippen MR) is 112 cm³/mol. The maximum Gasteiger partial charge on any atom is 0.0585 e. The molecule has 0 spiro atoms. The molecule has 2 unspecified atom stereocenters. The molecule has 136 valence electrons. The molecule has 0 N–H and O–H groups in total. The number of halogens is 2. The zero-order chi connectivity index (χ0) is 18.1. The lowest BCUT2D eigenvalue weighted by atomic mass is 9.99. The molecule has 0 bridgehead atoms. The number of benzene rings is 2. The fourth-order valence-electron chi connectivity index (χ4n) is 3.02. The highest BCUT2D eigenvalue weighted by molar-refractivity contribution is 6.21. The normalized spacial score (nSPS) is 13.6. The topological polar surface area (TPSA) is 0 Å². The van der Waals surface area contributed by atoms with E-state index in [4.69, 9.17) is 23.2 Å². The minimum Gasteiger partial charge on any atom is -0.118 e. The third kappa shape index (κ3) is 6.68. The summed E-state index contributed by atoms with van der Waals surface area (Å²) < 4.78 is 0. The molecule has 0 aromatic heterocycles. The van der Waals surface area contributed by atoms with E-state index in [1.807, 2.05) is 0 Å². The number of rotatable bonds is 10.